The molecule has 6 nitrogen and oxygen atoms in total. The van der Waals surface area contributed by atoms with Gasteiger partial charge in [0, 0.05) is 24.8 Å². The summed E-state index contributed by atoms with van der Waals surface area (Å²) in [6.45, 7) is 4.28. The average Bonchev–Trinajstić information content (AvgIpc) is 2.80. The summed E-state index contributed by atoms with van der Waals surface area (Å²) in [5, 5.41) is 2.80. The Bertz CT molecular complexity index is 1150. The van der Waals surface area contributed by atoms with E-state index < -0.39 is 10.0 Å². The molecule has 168 valence electrons. The van der Waals surface area contributed by atoms with Gasteiger partial charge in [0.25, 0.3) is 5.91 Å². The van der Waals surface area contributed by atoms with Crippen molar-refractivity contribution in [1.29, 1.82) is 0 Å². The van der Waals surface area contributed by atoms with Crippen LogP contribution in [0.15, 0.2) is 83.8 Å². The zero-order valence-corrected chi connectivity index (χ0v) is 19.3. The molecule has 0 aromatic heterocycles. The number of ether oxygens (including phenoxy) is 1. The summed E-state index contributed by atoms with van der Waals surface area (Å²) in [6.07, 6.45) is 0.925. The molecule has 0 bridgehead atoms. The molecule has 1 amide bonds. The summed E-state index contributed by atoms with van der Waals surface area (Å²) in [4.78, 5) is 12.8. The molecule has 0 heterocycles. The lowest BCUT2D eigenvalue weighted by atomic mass is 10.2. The molecule has 0 aliphatic carbocycles. The number of sulfonamides is 1. The molecule has 3 aromatic rings. The van der Waals surface area contributed by atoms with Gasteiger partial charge in [-0.15, -0.1) is 0 Å². The van der Waals surface area contributed by atoms with E-state index in [2.05, 4.69) is 5.32 Å². The highest BCUT2D eigenvalue weighted by Gasteiger charge is 2.21. The maximum atomic E-state index is 12.9. The Morgan fingerprint density at radius 3 is 2.34 bits per heavy atom. The molecule has 0 spiro atoms. The van der Waals surface area contributed by atoms with Crippen molar-refractivity contribution in [3.8, 4) is 5.75 Å². The fourth-order valence-electron chi connectivity index (χ4n) is 3.05. The third kappa shape index (κ3) is 5.96. The summed E-state index contributed by atoms with van der Waals surface area (Å²) in [5.74, 6) is 0.339. The van der Waals surface area contributed by atoms with Crippen LogP contribution in [0.25, 0.3) is 0 Å². The highest BCUT2D eigenvalue weighted by atomic mass is 32.2. The third-order valence-corrected chi connectivity index (χ3v) is 6.89. The molecular weight excluding hydrogens is 424 g/mol. The second kappa shape index (κ2) is 10.4. The maximum absolute atomic E-state index is 12.9. The smallest absolute Gasteiger partial charge is 0.255 e. The Morgan fingerprint density at radius 2 is 1.69 bits per heavy atom. The highest BCUT2D eigenvalue weighted by Crippen LogP contribution is 2.21. The van der Waals surface area contributed by atoms with Crippen LogP contribution in [-0.4, -0.2) is 31.8 Å². The van der Waals surface area contributed by atoms with Crippen LogP contribution in [0.4, 0.5) is 5.69 Å². The number of anilines is 1. The highest BCUT2D eigenvalue weighted by molar-refractivity contribution is 7.89. The minimum Gasteiger partial charge on any atom is -0.491 e. The van der Waals surface area contributed by atoms with Crippen molar-refractivity contribution in [2.24, 2.45) is 0 Å². The van der Waals surface area contributed by atoms with Gasteiger partial charge in [-0.3, -0.25) is 4.79 Å². The number of hydrogen-bond acceptors (Lipinski definition) is 4. The van der Waals surface area contributed by atoms with E-state index in [1.165, 1.54) is 16.4 Å². The topological polar surface area (TPSA) is 75.7 Å². The number of nitrogens with zero attached hydrogens (tertiary/aromatic N) is 1. The number of hydrogen-bond donors (Lipinski definition) is 1. The zero-order valence-electron chi connectivity index (χ0n) is 18.5. The average molecular weight is 453 g/mol. The van der Waals surface area contributed by atoms with E-state index >= 15 is 0 Å². The normalized spacial score (nSPS) is 12.4. The first-order valence-corrected chi connectivity index (χ1v) is 11.9. The van der Waals surface area contributed by atoms with Gasteiger partial charge in [-0.25, -0.2) is 8.42 Å². The molecule has 3 aromatic carbocycles. The lowest BCUT2D eigenvalue weighted by molar-refractivity contribution is 0.102. The van der Waals surface area contributed by atoms with Crippen LogP contribution in [0.2, 0.25) is 0 Å². The van der Waals surface area contributed by atoms with E-state index in [1.54, 1.807) is 37.4 Å². The molecule has 0 saturated heterocycles. The zero-order chi connectivity index (χ0) is 23.1. The van der Waals surface area contributed by atoms with Crippen LogP contribution >= 0.6 is 0 Å². The van der Waals surface area contributed by atoms with Gasteiger partial charge >= 0.3 is 0 Å². The predicted molar refractivity (Wildman–Crippen MR) is 126 cm³/mol. The van der Waals surface area contributed by atoms with Gasteiger partial charge in [0.2, 0.25) is 10.0 Å². The van der Waals surface area contributed by atoms with Gasteiger partial charge in [-0.05, 0) is 61.4 Å². The first-order chi connectivity index (χ1) is 15.3. The molecule has 0 fully saturated rings. The SMILES string of the molecule is CCC(C)Oc1cccc(C(=O)Nc2ccc(S(=O)(=O)N(C)Cc3ccccc3)cc2)c1. The Kier molecular flexibility index (Phi) is 7.66. The maximum Gasteiger partial charge on any atom is 0.255 e. The van der Waals surface area contributed by atoms with E-state index in [1.807, 2.05) is 50.2 Å². The van der Waals surface area contributed by atoms with Crippen LogP contribution in [0.5, 0.6) is 5.75 Å². The molecule has 0 radical (unpaired) electrons. The van der Waals surface area contributed by atoms with E-state index in [0.717, 1.165) is 12.0 Å². The van der Waals surface area contributed by atoms with Gasteiger partial charge in [0.1, 0.15) is 5.75 Å². The van der Waals surface area contributed by atoms with Crippen molar-refractivity contribution in [3.63, 3.8) is 0 Å². The van der Waals surface area contributed by atoms with Crippen molar-refractivity contribution in [2.75, 3.05) is 12.4 Å². The molecule has 7 heteroatoms. The first kappa shape index (κ1) is 23.5. The van der Waals surface area contributed by atoms with E-state index in [-0.39, 0.29) is 23.5 Å². The minimum atomic E-state index is -3.65. The third-order valence-electron chi connectivity index (χ3n) is 5.08. The summed E-state index contributed by atoms with van der Waals surface area (Å²) in [6, 6.07) is 22.5. The fraction of sp³-hybridized carbons (Fsp3) is 0.240. The van der Waals surface area contributed by atoms with Crippen molar-refractivity contribution in [2.45, 2.75) is 37.8 Å². The number of nitrogens with one attached hydrogen (secondary N) is 1. The van der Waals surface area contributed by atoms with E-state index in [9.17, 15) is 13.2 Å². The number of rotatable bonds is 9. The van der Waals surface area contributed by atoms with Gasteiger partial charge in [0.05, 0.1) is 11.0 Å². The van der Waals surface area contributed by atoms with Crippen LogP contribution in [0, 0.1) is 0 Å². The summed E-state index contributed by atoms with van der Waals surface area (Å²) in [5.41, 5.74) is 1.88. The van der Waals surface area contributed by atoms with Crippen LogP contribution in [-0.2, 0) is 16.6 Å². The number of carbonyl (C=O) groups is 1. The van der Waals surface area contributed by atoms with Crippen LogP contribution in [0.1, 0.15) is 36.2 Å². The molecule has 0 aliphatic rings. The van der Waals surface area contributed by atoms with Gasteiger partial charge in [-0.2, -0.15) is 4.31 Å². The van der Waals surface area contributed by atoms with Crippen LogP contribution in [0.3, 0.4) is 0 Å². The summed E-state index contributed by atoms with van der Waals surface area (Å²) in [7, 11) is -2.10. The Labute approximate surface area is 189 Å². The Morgan fingerprint density at radius 1 is 1.00 bits per heavy atom. The fourth-order valence-corrected chi connectivity index (χ4v) is 4.20. The van der Waals surface area contributed by atoms with Crippen molar-refractivity contribution in [3.05, 3.63) is 90.0 Å². The Hall–Kier alpha value is -3.16. The molecular formula is C25H28N2O4S. The van der Waals surface area contributed by atoms with E-state index in [0.29, 0.717) is 17.0 Å². The number of benzene rings is 3. The van der Waals surface area contributed by atoms with Crippen molar-refractivity contribution >= 4 is 21.6 Å². The second-order valence-corrected chi connectivity index (χ2v) is 9.63. The quantitative estimate of drug-likeness (QED) is 0.499. The largest absolute Gasteiger partial charge is 0.491 e. The molecule has 3 rings (SSSR count). The van der Waals surface area contributed by atoms with Gasteiger partial charge in [-0.1, -0.05) is 43.3 Å². The first-order valence-electron chi connectivity index (χ1n) is 10.5. The van der Waals surface area contributed by atoms with Crippen LogP contribution < -0.4 is 10.1 Å². The molecule has 32 heavy (non-hydrogen) atoms. The van der Waals surface area contributed by atoms with Crippen molar-refractivity contribution in [1.82, 2.24) is 4.31 Å². The summed E-state index contributed by atoms with van der Waals surface area (Å²) >= 11 is 0. The molecule has 1 atom stereocenters. The number of amides is 1. The molecule has 0 saturated carbocycles. The minimum absolute atomic E-state index is 0.0582. The summed E-state index contributed by atoms with van der Waals surface area (Å²) < 4.78 is 32.8. The monoisotopic (exact) mass is 452 g/mol. The van der Waals surface area contributed by atoms with Crippen molar-refractivity contribution < 1.29 is 17.9 Å². The molecule has 1 unspecified atom stereocenters. The lowest BCUT2D eigenvalue weighted by Crippen LogP contribution is -2.26. The predicted octanol–water partition coefficient (Wildman–Crippen LogP) is 4.94. The second-order valence-electron chi connectivity index (χ2n) is 7.59. The standard InChI is InChI=1S/C25H28N2O4S/c1-4-19(2)31-23-12-8-11-21(17-23)25(28)26-22-13-15-24(16-14-22)32(29,30)27(3)18-20-9-6-5-7-10-20/h5-17,19H,4,18H2,1-3H3,(H,26,28). The lowest BCUT2D eigenvalue weighted by Gasteiger charge is -2.17. The number of carbonyl (C=O) groups excluding carboxylic acids is 1. The Balaban J connectivity index is 1.67. The van der Waals surface area contributed by atoms with E-state index in [4.69, 9.17) is 4.74 Å². The van der Waals surface area contributed by atoms with Gasteiger partial charge in [0.15, 0.2) is 0 Å². The molecule has 1 N–H and O–H groups in total. The molecule has 0 aliphatic heterocycles. The van der Waals surface area contributed by atoms with Gasteiger partial charge < -0.3 is 10.1 Å².